The van der Waals surface area contributed by atoms with Crippen LogP contribution in [0.4, 0.5) is 5.82 Å². The van der Waals surface area contributed by atoms with Gasteiger partial charge in [0.25, 0.3) is 0 Å². The topological polar surface area (TPSA) is 55.2 Å². The number of aromatic nitrogens is 2. The second-order valence-electron chi connectivity index (χ2n) is 6.02. The van der Waals surface area contributed by atoms with Gasteiger partial charge in [-0.15, -0.1) is 0 Å². The SMILES string of the molecule is O=C1[C@H]2CC=CC[C@H]2C(=O)N1c1ccn(Cc2ccccc2)n1. The van der Waals surface area contributed by atoms with Crippen LogP contribution in [-0.4, -0.2) is 21.6 Å². The number of rotatable bonds is 3. The van der Waals surface area contributed by atoms with E-state index in [2.05, 4.69) is 5.10 Å². The maximum absolute atomic E-state index is 12.5. The van der Waals surface area contributed by atoms with E-state index in [1.54, 1.807) is 10.7 Å². The van der Waals surface area contributed by atoms with Crippen LogP contribution in [0, 0.1) is 11.8 Å². The standard InChI is InChI=1S/C18H17N3O2/c22-17-14-8-4-5-9-15(14)18(23)21(17)16-10-11-20(19-16)12-13-6-2-1-3-7-13/h1-7,10-11,14-15H,8-9,12H2/t14-,15+. The van der Waals surface area contributed by atoms with Crippen LogP contribution in [0.5, 0.6) is 0 Å². The van der Waals surface area contributed by atoms with Gasteiger partial charge in [-0.3, -0.25) is 14.3 Å². The molecule has 1 saturated heterocycles. The van der Waals surface area contributed by atoms with Crippen LogP contribution < -0.4 is 4.90 Å². The van der Waals surface area contributed by atoms with E-state index >= 15 is 0 Å². The molecule has 2 aromatic rings. The normalized spacial score (nSPS) is 23.4. The molecule has 1 aromatic heterocycles. The Kier molecular flexibility index (Phi) is 3.33. The van der Waals surface area contributed by atoms with Crippen LogP contribution in [-0.2, 0) is 16.1 Å². The molecule has 116 valence electrons. The van der Waals surface area contributed by atoms with Gasteiger partial charge in [0.05, 0.1) is 18.4 Å². The summed E-state index contributed by atoms with van der Waals surface area (Å²) in [6, 6.07) is 11.7. The quantitative estimate of drug-likeness (QED) is 0.646. The minimum Gasteiger partial charge on any atom is -0.274 e. The van der Waals surface area contributed by atoms with Crippen molar-refractivity contribution in [3.8, 4) is 0 Å². The van der Waals surface area contributed by atoms with Crippen molar-refractivity contribution in [1.29, 1.82) is 0 Å². The highest BCUT2D eigenvalue weighted by Gasteiger charge is 2.48. The maximum atomic E-state index is 12.5. The van der Waals surface area contributed by atoms with E-state index in [0.29, 0.717) is 25.2 Å². The van der Waals surface area contributed by atoms with Crippen LogP contribution >= 0.6 is 0 Å². The molecule has 0 unspecified atom stereocenters. The third-order valence-electron chi connectivity index (χ3n) is 4.55. The number of anilines is 1. The molecule has 1 aliphatic heterocycles. The van der Waals surface area contributed by atoms with Gasteiger partial charge >= 0.3 is 0 Å². The molecule has 1 aromatic carbocycles. The number of allylic oxidation sites excluding steroid dienone is 2. The average molecular weight is 307 g/mol. The molecule has 5 nitrogen and oxygen atoms in total. The molecule has 1 fully saturated rings. The van der Waals surface area contributed by atoms with Crippen molar-refractivity contribution in [1.82, 2.24) is 9.78 Å². The molecule has 4 rings (SSSR count). The molecule has 2 amide bonds. The fourth-order valence-electron chi connectivity index (χ4n) is 3.35. The summed E-state index contributed by atoms with van der Waals surface area (Å²) in [4.78, 5) is 26.3. The zero-order valence-electron chi connectivity index (χ0n) is 12.6. The summed E-state index contributed by atoms with van der Waals surface area (Å²) >= 11 is 0. The largest absolute Gasteiger partial charge is 0.274 e. The first-order valence-corrected chi connectivity index (χ1v) is 7.84. The van der Waals surface area contributed by atoms with Gasteiger partial charge in [-0.1, -0.05) is 42.5 Å². The van der Waals surface area contributed by atoms with Gasteiger partial charge in [-0.25, -0.2) is 4.90 Å². The van der Waals surface area contributed by atoms with E-state index < -0.39 is 0 Å². The molecule has 1 aliphatic carbocycles. The minimum atomic E-state index is -0.216. The van der Waals surface area contributed by atoms with Crippen LogP contribution in [0.2, 0.25) is 0 Å². The Labute approximate surface area is 134 Å². The third kappa shape index (κ3) is 2.38. The van der Waals surface area contributed by atoms with Gasteiger partial charge < -0.3 is 0 Å². The Hall–Kier alpha value is -2.69. The van der Waals surface area contributed by atoms with Crippen molar-refractivity contribution in [2.75, 3.05) is 4.90 Å². The molecule has 23 heavy (non-hydrogen) atoms. The molecular formula is C18H17N3O2. The van der Waals surface area contributed by atoms with Crippen LogP contribution in [0.3, 0.4) is 0 Å². The summed E-state index contributed by atoms with van der Waals surface area (Å²) in [5.41, 5.74) is 1.12. The van der Waals surface area contributed by atoms with Crippen molar-refractivity contribution in [2.24, 2.45) is 11.8 Å². The first-order chi connectivity index (χ1) is 11.2. The molecule has 2 heterocycles. The van der Waals surface area contributed by atoms with Gasteiger partial charge in [0, 0.05) is 12.3 Å². The molecular weight excluding hydrogens is 290 g/mol. The van der Waals surface area contributed by atoms with E-state index in [1.165, 1.54) is 4.90 Å². The van der Waals surface area contributed by atoms with Crippen molar-refractivity contribution in [3.05, 3.63) is 60.3 Å². The molecule has 0 spiro atoms. The molecule has 0 bridgehead atoms. The van der Waals surface area contributed by atoms with Crippen LogP contribution in [0.1, 0.15) is 18.4 Å². The first kappa shape index (κ1) is 13.9. The van der Waals surface area contributed by atoms with Crippen LogP contribution in [0.25, 0.3) is 0 Å². The summed E-state index contributed by atoms with van der Waals surface area (Å²) in [7, 11) is 0. The molecule has 2 aliphatic rings. The highest BCUT2D eigenvalue weighted by Crippen LogP contribution is 2.36. The number of carbonyl (C=O) groups is 2. The Balaban J connectivity index is 1.57. The lowest BCUT2D eigenvalue weighted by atomic mass is 9.85. The first-order valence-electron chi connectivity index (χ1n) is 7.84. The van der Waals surface area contributed by atoms with Gasteiger partial charge in [-0.05, 0) is 18.4 Å². The zero-order chi connectivity index (χ0) is 15.8. The summed E-state index contributed by atoms with van der Waals surface area (Å²) in [5.74, 6) is -0.229. The lowest BCUT2D eigenvalue weighted by Crippen LogP contribution is -2.31. The van der Waals surface area contributed by atoms with Gasteiger partial charge in [0.1, 0.15) is 0 Å². The van der Waals surface area contributed by atoms with Crippen molar-refractivity contribution in [3.63, 3.8) is 0 Å². The van der Waals surface area contributed by atoms with Crippen molar-refractivity contribution < 1.29 is 9.59 Å². The second-order valence-corrected chi connectivity index (χ2v) is 6.02. The Morgan fingerprint density at radius 3 is 2.26 bits per heavy atom. The molecule has 0 saturated carbocycles. The fraction of sp³-hybridized carbons (Fsp3) is 0.278. The number of carbonyl (C=O) groups excluding carboxylic acids is 2. The lowest BCUT2D eigenvalue weighted by Gasteiger charge is -2.14. The van der Waals surface area contributed by atoms with Crippen molar-refractivity contribution in [2.45, 2.75) is 19.4 Å². The van der Waals surface area contributed by atoms with Crippen molar-refractivity contribution >= 4 is 17.6 Å². The van der Waals surface area contributed by atoms with Gasteiger partial charge in [-0.2, -0.15) is 5.10 Å². The fourth-order valence-corrected chi connectivity index (χ4v) is 3.35. The van der Waals surface area contributed by atoms with Gasteiger partial charge in [0.15, 0.2) is 5.82 Å². The molecule has 0 radical (unpaired) electrons. The maximum Gasteiger partial charge on any atom is 0.239 e. The Morgan fingerprint density at radius 2 is 1.61 bits per heavy atom. The van der Waals surface area contributed by atoms with E-state index in [4.69, 9.17) is 0 Å². The minimum absolute atomic E-state index is 0.116. The second kappa shape index (κ2) is 5.50. The monoisotopic (exact) mass is 307 g/mol. The zero-order valence-corrected chi connectivity index (χ0v) is 12.6. The highest BCUT2D eigenvalue weighted by atomic mass is 16.2. The number of imide groups is 1. The van der Waals surface area contributed by atoms with E-state index in [-0.39, 0.29) is 23.7 Å². The Bertz CT molecular complexity index is 753. The number of nitrogens with zero attached hydrogens (tertiary/aromatic N) is 3. The molecule has 5 heteroatoms. The van der Waals surface area contributed by atoms with E-state index in [9.17, 15) is 9.59 Å². The number of hydrogen-bond acceptors (Lipinski definition) is 3. The molecule has 0 N–H and O–H groups in total. The number of hydrogen-bond donors (Lipinski definition) is 0. The number of benzene rings is 1. The summed E-state index contributed by atoms with van der Waals surface area (Å²) in [6.45, 7) is 0.617. The average Bonchev–Trinajstić information content (AvgIpc) is 3.12. The Morgan fingerprint density at radius 1 is 0.957 bits per heavy atom. The van der Waals surface area contributed by atoms with Crippen LogP contribution in [0.15, 0.2) is 54.7 Å². The van der Waals surface area contributed by atoms with Gasteiger partial charge in [0.2, 0.25) is 11.8 Å². The lowest BCUT2D eigenvalue weighted by molar-refractivity contribution is -0.122. The summed E-state index contributed by atoms with van der Waals surface area (Å²) < 4.78 is 1.76. The van der Waals surface area contributed by atoms with E-state index in [0.717, 1.165) is 5.56 Å². The third-order valence-corrected chi connectivity index (χ3v) is 4.55. The number of fused-ring (bicyclic) bond motifs is 1. The van der Waals surface area contributed by atoms with E-state index in [1.807, 2.05) is 48.7 Å². The number of amides is 2. The summed E-state index contributed by atoms with van der Waals surface area (Å²) in [6.07, 6.45) is 7.09. The molecule has 2 atom stereocenters. The highest BCUT2D eigenvalue weighted by molar-refractivity contribution is 6.21. The predicted molar refractivity (Wildman–Crippen MR) is 85.6 cm³/mol. The summed E-state index contributed by atoms with van der Waals surface area (Å²) in [5, 5.41) is 4.43. The smallest absolute Gasteiger partial charge is 0.239 e. The predicted octanol–water partition coefficient (Wildman–Crippen LogP) is 2.39.